The van der Waals surface area contributed by atoms with Crippen LogP contribution in [0, 0.1) is 5.82 Å². The zero-order valence-corrected chi connectivity index (χ0v) is 14.6. The third-order valence-electron chi connectivity index (χ3n) is 4.05. The van der Waals surface area contributed by atoms with E-state index in [1.807, 2.05) is 37.2 Å². The summed E-state index contributed by atoms with van der Waals surface area (Å²) in [6, 6.07) is 9.68. The molecule has 2 aromatic rings. The lowest BCUT2D eigenvalue weighted by molar-refractivity contribution is 0.0938. The Hall–Kier alpha value is -2.31. The van der Waals surface area contributed by atoms with Crippen LogP contribution in [0.25, 0.3) is 0 Å². The number of fused-ring (bicyclic) bond motifs is 1. The molecule has 1 N–H and O–H groups in total. The van der Waals surface area contributed by atoms with E-state index in [9.17, 15) is 9.18 Å². The topological polar surface area (TPSA) is 50.8 Å². The van der Waals surface area contributed by atoms with Gasteiger partial charge in [0, 0.05) is 6.54 Å². The molecule has 3 rings (SSSR count). The maximum Gasteiger partial charge on any atom is 0.255 e. The quantitative estimate of drug-likeness (QED) is 0.885. The summed E-state index contributed by atoms with van der Waals surface area (Å²) in [5.41, 5.74) is 0.807. The van der Waals surface area contributed by atoms with Gasteiger partial charge in [-0.2, -0.15) is 0 Å². The minimum absolute atomic E-state index is 0.0852. The predicted molar refractivity (Wildman–Crippen MR) is 92.7 cm³/mol. The van der Waals surface area contributed by atoms with Crippen LogP contribution in [0.15, 0.2) is 36.4 Å². The van der Waals surface area contributed by atoms with Gasteiger partial charge in [-0.25, -0.2) is 4.39 Å². The Morgan fingerprint density at radius 2 is 2.04 bits per heavy atom. The van der Waals surface area contributed by atoms with E-state index in [4.69, 9.17) is 21.1 Å². The fourth-order valence-electron chi connectivity index (χ4n) is 2.71. The average Bonchev–Trinajstić information content (AvgIpc) is 3.02. The van der Waals surface area contributed by atoms with Gasteiger partial charge in [0.2, 0.25) is 6.79 Å². The Morgan fingerprint density at radius 1 is 1.28 bits per heavy atom. The van der Waals surface area contributed by atoms with Crippen LogP contribution in [0.4, 0.5) is 4.39 Å². The molecule has 0 aromatic heterocycles. The van der Waals surface area contributed by atoms with Crippen molar-refractivity contribution in [1.82, 2.24) is 10.2 Å². The number of nitrogens with zero attached hydrogens (tertiary/aromatic N) is 1. The molecule has 25 heavy (non-hydrogen) atoms. The minimum Gasteiger partial charge on any atom is -0.454 e. The van der Waals surface area contributed by atoms with E-state index >= 15 is 0 Å². The van der Waals surface area contributed by atoms with Crippen LogP contribution in [0.5, 0.6) is 11.5 Å². The molecule has 0 fully saturated rings. The molecule has 0 bridgehead atoms. The van der Waals surface area contributed by atoms with E-state index in [2.05, 4.69) is 5.32 Å². The Bertz CT molecular complexity index is 778. The second-order valence-corrected chi connectivity index (χ2v) is 6.31. The number of ether oxygens (including phenoxy) is 2. The van der Waals surface area contributed by atoms with Crippen LogP contribution in [-0.4, -0.2) is 38.2 Å². The van der Waals surface area contributed by atoms with Gasteiger partial charge in [-0.15, -0.1) is 0 Å². The predicted octanol–water partition coefficient (Wildman–Crippen LogP) is 3.24. The molecule has 1 aliphatic heterocycles. The Labute approximate surface area is 150 Å². The lowest BCUT2D eigenvalue weighted by atomic mass is 10.0. The molecular weight excluding hydrogens is 347 g/mol. The highest BCUT2D eigenvalue weighted by Crippen LogP contribution is 2.35. The maximum absolute atomic E-state index is 13.9. The van der Waals surface area contributed by atoms with Gasteiger partial charge >= 0.3 is 0 Å². The highest BCUT2D eigenvalue weighted by Gasteiger charge is 2.22. The number of likely N-dealkylation sites (N-methyl/N-ethyl adjacent to an activating group) is 1. The van der Waals surface area contributed by atoms with Crippen molar-refractivity contribution in [3.8, 4) is 11.5 Å². The zero-order valence-electron chi connectivity index (χ0n) is 13.9. The fourth-order valence-corrected chi connectivity index (χ4v) is 2.96. The number of halogens is 2. The molecular formula is C18H18ClFN2O3. The first-order valence-corrected chi connectivity index (χ1v) is 8.13. The van der Waals surface area contributed by atoms with Gasteiger partial charge in [-0.05, 0) is 43.9 Å². The number of carbonyl (C=O) groups is 1. The van der Waals surface area contributed by atoms with Crippen molar-refractivity contribution in [2.75, 3.05) is 27.4 Å². The summed E-state index contributed by atoms with van der Waals surface area (Å²) in [6.07, 6.45) is 0. The molecule has 0 aliphatic carbocycles. The smallest absolute Gasteiger partial charge is 0.255 e. The summed E-state index contributed by atoms with van der Waals surface area (Å²) in [5.74, 6) is 0.182. The second-order valence-electron chi connectivity index (χ2n) is 5.90. The van der Waals surface area contributed by atoms with Gasteiger partial charge in [0.15, 0.2) is 11.5 Å². The first-order chi connectivity index (χ1) is 12.0. The molecule has 5 nitrogen and oxygen atoms in total. The lowest BCUT2D eigenvalue weighted by Crippen LogP contribution is -2.35. The molecule has 2 aromatic carbocycles. The molecule has 1 aliphatic rings. The van der Waals surface area contributed by atoms with Gasteiger partial charge < -0.3 is 19.7 Å². The van der Waals surface area contributed by atoms with E-state index in [1.165, 1.54) is 18.2 Å². The highest BCUT2D eigenvalue weighted by molar-refractivity contribution is 6.33. The van der Waals surface area contributed by atoms with Crippen molar-refractivity contribution in [2.45, 2.75) is 6.04 Å². The average molecular weight is 365 g/mol. The first-order valence-electron chi connectivity index (χ1n) is 7.75. The van der Waals surface area contributed by atoms with Gasteiger partial charge in [0.25, 0.3) is 5.91 Å². The number of carbonyl (C=O) groups excluding carboxylic acids is 1. The molecule has 1 heterocycles. The SMILES string of the molecule is CN(C)[C@@H](CNC(=O)c1c(F)cccc1Cl)c1ccc2c(c1)OCO2. The highest BCUT2D eigenvalue weighted by atomic mass is 35.5. The van der Waals surface area contributed by atoms with Crippen LogP contribution in [0.1, 0.15) is 22.0 Å². The number of nitrogens with one attached hydrogen (secondary N) is 1. The minimum atomic E-state index is -0.644. The summed E-state index contributed by atoms with van der Waals surface area (Å²) in [6.45, 7) is 0.490. The van der Waals surface area contributed by atoms with E-state index in [-0.39, 0.29) is 30.0 Å². The van der Waals surface area contributed by atoms with Crippen molar-refractivity contribution in [3.63, 3.8) is 0 Å². The number of rotatable bonds is 5. The fraction of sp³-hybridized carbons (Fsp3) is 0.278. The van der Waals surface area contributed by atoms with Crippen molar-refractivity contribution in [2.24, 2.45) is 0 Å². The van der Waals surface area contributed by atoms with E-state index in [1.54, 1.807) is 0 Å². The van der Waals surface area contributed by atoms with E-state index in [0.29, 0.717) is 11.5 Å². The normalized spacial score (nSPS) is 13.8. The molecule has 0 saturated heterocycles. The zero-order chi connectivity index (χ0) is 18.0. The molecule has 132 valence electrons. The summed E-state index contributed by atoms with van der Waals surface area (Å²) in [7, 11) is 3.80. The van der Waals surface area contributed by atoms with Crippen molar-refractivity contribution < 1.29 is 18.7 Å². The Balaban J connectivity index is 1.76. The van der Waals surface area contributed by atoms with Gasteiger partial charge in [0.1, 0.15) is 5.82 Å². The number of benzene rings is 2. The molecule has 0 radical (unpaired) electrons. The second kappa shape index (κ2) is 7.29. The summed E-state index contributed by atoms with van der Waals surface area (Å²) in [5, 5.41) is 2.84. The Morgan fingerprint density at radius 3 is 2.76 bits per heavy atom. The summed E-state index contributed by atoms with van der Waals surface area (Å²) < 4.78 is 24.6. The number of hydrogen-bond acceptors (Lipinski definition) is 4. The van der Waals surface area contributed by atoms with Crippen LogP contribution in [0.3, 0.4) is 0 Å². The summed E-state index contributed by atoms with van der Waals surface area (Å²) >= 11 is 5.94. The molecule has 1 amide bonds. The molecule has 0 unspecified atom stereocenters. The number of amides is 1. The standard InChI is InChI=1S/C18H18ClFN2O3/c1-22(2)14(11-6-7-15-16(8-11)25-10-24-15)9-21-18(23)17-12(19)4-3-5-13(17)20/h3-8,14H,9-10H2,1-2H3,(H,21,23)/t14-/m0/s1. The first kappa shape index (κ1) is 17.5. The molecule has 7 heteroatoms. The monoisotopic (exact) mass is 364 g/mol. The van der Waals surface area contributed by atoms with Crippen LogP contribution < -0.4 is 14.8 Å². The van der Waals surface area contributed by atoms with Crippen LogP contribution in [0.2, 0.25) is 5.02 Å². The van der Waals surface area contributed by atoms with E-state index in [0.717, 1.165) is 5.56 Å². The van der Waals surface area contributed by atoms with E-state index < -0.39 is 11.7 Å². The Kier molecular flexibility index (Phi) is 5.11. The van der Waals surface area contributed by atoms with Gasteiger partial charge in [-0.1, -0.05) is 23.7 Å². The van der Waals surface area contributed by atoms with Gasteiger partial charge in [-0.3, -0.25) is 4.79 Å². The summed E-state index contributed by atoms with van der Waals surface area (Å²) in [4.78, 5) is 14.3. The van der Waals surface area contributed by atoms with Gasteiger partial charge in [0.05, 0.1) is 16.6 Å². The van der Waals surface area contributed by atoms with Crippen molar-refractivity contribution in [1.29, 1.82) is 0 Å². The lowest BCUT2D eigenvalue weighted by Gasteiger charge is -2.25. The largest absolute Gasteiger partial charge is 0.454 e. The van der Waals surface area contributed by atoms with Crippen molar-refractivity contribution in [3.05, 3.63) is 58.4 Å². The maximum atomic E-state index is 13.9. The molecule has 0 saturated carbocycles. The third-order valence-corrected chi connectivity index (χ3v) is 4.37. The molecule has 0 spiro atoms. The van der Waals surface area contributed by atoms with Crippen LogP contribution >= 0.6 is 11.6 Å². The van der Waals surface area contributed by atoms with Crippen molar-refractivity contribution >= 4 is 17.5 Å². The van der Waals surface area contributed by atoms with Crippen LogP contribution in [-0.2, 0) is 0 Å². The third kappa shape index (κ3) is 3.70. The molecule has 1 atom stereocenters. The number of hydrogen-bond donors (Lipinski definition) is 1.